The van der Waals surface area contributed by atoms with Gasteiger partial charge in [0.2, 0.25) is 0 Å². The van der Waals surface area contributed by atoms with Gasteiger partial charge < -0.3 is 5.11 Å². The van der Waals surface area contributed by atoms with Crippen LogP contribution in [0.1, 0.15) is 16.1 Å². The minimum absolute atomic E-state index is 0.0623. The lowest BCUT2D eigenvalue weighted by atomic mass is 10.2. The molecule has 0 aliphatic carbocycles. The Kier molecular flexibility index (Phi) is 2.97. The van der Waals surface area contributed by atoms with Crippen molar-refractivity contribution >= 4 is 21.9 Å². The smallest absolute Gasteiger partial charge is 0.339 e. The molecule has 1 N–H and O–H groups in total. The average Bonchev–Trinajstić information content (AvgIpc) is 2.60. The summed E-state index contributed by atoms with van der Waals surface area (Å²) in [4.78, 5) is 10.9. The Labute approximate surface area is 105 Å². The number of rotatable bonds is 2. The molecule has 0 aliphatic rings. The Morgan fingerprint density at radius 3 is 2.76 bits per heavy atom. The number of carbonyl (C=O) groups is 1. The Morgan fingerprint density at radius 1 is 1.53 bits per heavy atom. The van der Waals surface area contributed by atoms with Crippen LogP contribution in [0.2, 0.25) is 0 Å². The zero-order chi connectivity index (χ0) is 12.6. The summed E-state index contributed by atoms with van der Waals surface area (Å²) < 4.78 is 15.6. The second-order valence-electron chi connectivity index (χ2n) is 3.46. The van der Waals surface area contributed by atoms with Crippen LogP contribution < -0.4 is 0 Å². The van der Waals surface area contributed by atoms with Crippen molar-refractivity contribution < 1.29 is 14.3 Å². The van der Waals surface area contributed by atoms with Gasteiger partial charge in [-0.1, -0.05) is 15.9 Å². The summed E-state index contributed by atoms with van der Waals surface area (Å²) in [5, 5.41) is 12.8. The largest absolute Gasteiger partial charge is 0.478 e. The molecule has 6 heteroatoms. The van der Waals surface area contributed by atoms with Gasteiger partial charge >= 0.3 is 5.97 Å². The van der Waals surface area contributed by atoms with Gasteiger partial charge in [0.25, 0.3) is 0 Å². The lowest BCUT2D eigenvalue weighted by molar-refractivity contribution is 0.0696. The standard InChI is InChI=1S/C11H8BrFN2O2/c1-6-8(11(16)17)5-14-15(6)10-3-2-7(12)4-9(10)13/h2-5H,1H3,(H,16,17). The first kappa shape index (κ1) is 11.8. The minimum atomic E-state index is -1.08. The molecule has 17 heavy (non-hydrogen) atoms. The van der Waals surface area contributed by atoms with Crippen molar-refractivity contribution in [2.45, 2.75) is 6.92 Å². The number of hydrogen-bond acceptors (Lipinski definition) is 2. The third-order valence-corrected chi connectivity index (χ3v) is 2.87. The highest BCUT2D eigenvalue weighted by Crippen LogP contribution is 2.20. The first-order chi connectivity index (χ1) is 8.00. The van der Waals surface area contributed by atoms with Gasteiger partial charge in [-0.3, -0.25) is 0 Å². The fourth-order valence-corrected chi connectivity index (χ4v) is 1.85. The van der Waals surface area contributed by atoms with Gasteiger partial charge in [0.05, 0.1) is 11.9 Å². The van der Waals surface area contributed by atoms with E-state index < -0.39 is 11.8 Å². The molecule has 0 saturated carbocycles. The summed E-state index contributed by atoms with van der Waals surface area (Å²) in [6.45, 7) is 1.58. The van der Waals surface area contributed by atoms with E-state index in [4.69, 9.17) is 5.11 Å². The first-order valence-corrected chi connectivity index (χ1v) is 5.53. The molecule has 0 atom stereocenters. The van der Waals surface area contributed by atoms with Crippen molar-refractivity contribution in [1.82, 2.24) is 9.78 Å². The Morgan fingerprint density at radius 2 is 2.24 bits per heavy atom. The highest BCUT2D eigenvalue weighted by Gasteiger charge is 2.15. The molecule has 0 unspecified atom stereocenters. The molecule has 88 valence electrons. The number of benzene rings is 1. The van der Waals surface area contributed by atoms with E-state index in [0.29, 0.717) is 10.2 Å². The molecular formula is C11H8BrFN2O2. The van der Waals surface area contributed by atoms with Gasteiger partial charge in [0.15, 0.2) is 0 Å². The van der Waals surface area contributed by atoms with Crippen molar-refractivity contribution in [2.24, 2.45) is 0 Å². The van der Waals surface area contributed by atoms with E-state index in [9.17, 15) is 9.18 Å². The molecule has 0 bridgehead atoms. The zero-order valence-corrected chi connectivity index (χ0v) is 10.4. The lowest BCUT2D eigenvalue weighted by Crippen LogP contribution is -2.04. The third-order valence-electron chi connectivity index (χ3n) is 2.38. The van der Waals surface area contributed by atoms with Crippen LogP contribution in [-0.2, 0) is 0 Å². The molecule has 0 fully saturated rings. The van der Waals surface area contributed by atoms with E-state index in [1.54, 1.807) is 13.0 Å². The summed E-state index contributed by atoms with van der Waals surface area (Å²) in [6, 6.07) is 4.50. The van der Waals surface area contributed by atoms with Gasteiger partial charge in [-0.15, -0.1) is 0 Å². The SMILES string of the molecule is Cc1c(C(=O)O)cnn1-c1ccc(Br)cc1F. The van der Waals surface area contributed by atoms with E-state index in [0.717, 1.165) is 0 Å². The monoisotopic (exact) mass is 298 g/mol. The highest BCUT2D eigenvalue weighted by atomic mass is 79.9. The zero-order valence-electron chi connectivity index (χ0n) is 8.82. The van der Waals surface area contributed by atoms with Crippen LogP contribution in [-0.4, -0.2) is 20.9 Å². The van der Waals surface area contributed by atoms with E-state index in [2.05, 4.69) is 21.0 Å². The fraction of sp³-hybridized carbons (Fsp3) is 0.0909. The molecule has 0 amide bonds. The predicted molar refractivity (Wildman–Crippen MR) is 62.9 cm³/mol. The van der Waals surface area contributed by atoms with E-state index in [-0.39, 0.29) is 11.3 Å². The molecule has 0 radical (unpaired) electrons. The Hall–Kier alpha value is -1.69. The van der Waals surface area contributed by atoms with Gasteiger partial charge in [-0.2, -0.15) is 5.10 Å². The second kappa shape index (κ2) is 4.29. The summed E-state index contributed by atoms with van der Waals surface area (Å²) in [5.41, 5.74) is 0.671. The van der Waals surface area contributed by atoms with Gasteiger partial charge in [-0.05, 0) is 25.1 Å². The summed E-state index contributed by atoms with van der Waals surface area (Å²) in [7, 11) is 0. The molecule has 0 saturated heterocycles. The van der Waals surface area contributed by atoms with Crippen LogP contribution >= 0.6 is 15.9 Å². The van der Waals surface area contributed by atoms with Crippen molar-refractivity contribution in [1.29, 1.82) is 0 Å². The van der Waals surface area contributed by atoms with Crippen molar-refractivity contribution in [3.05, 3.63) is 45.9 Å². The van der Waals surface area contributed by atoms with Crippen molar-refractivity contribution in [3.8, 4) is 5.69 Å². The molecule has 2 rings (SSSR count). The third kappa shape index (κ3) is 2.08. The quantitative estimate of drug-likeness (QED) is 0.927. The molecular weight excluding hydrogens is 291 g/mol. The number of nitrogens with zero attached hydrogens (tertiary/aromatic N) is 2. The van der Waals surface area contributed by atoms with Crippen LogP contribution in [0.3, 0.4) is 0 Å². The second-order valence-corrected chi connectivity index (χ2v) is 4.37. The molecule has 1 aromatic heterocycles. The topological polar surface area (TPSA) is 55.1 Å². The van der Waals surface area contributed by atoms with Crippen molar-refractivity contribution in [3.63, 3.8) is 0 Å². The maximum atomic E-state index is 13.7. The first-order valence-electron chi connectivity index (χ1n) is 4.74. The van der Waals surface area contributed by atoms with Crippen LogP contribution in [0.5, 0.6) is 0 Å². The molecule has 1 aromatic carbocycles. The number of carboxylic acids is 1. The maximum Gasteiger partial charge on any atom is 0.339 e. The minimum Gasteiger partial charge on any atom is -0.478 e. The van der Waals surface area contributed by atoms with Crippen LogP contribution in [0.4, 0.5) is 4.39 Å². The highest BCUT2D eigenvalue weighted by molar-refractivity contribution is 9.10. The van der Waals surface area contributed by atoms with Gasteiger partial charge in [0.1, 0.15) is 17.1 Å². The maximum absolute atomic E-state index is 13.7. The molecule has 1 heterocycles. The number of aromatic nitrogens is 2. The Balaban J connectivity index is 2.57. The average molecular weight is 299 g/mol. The molecule has 4 nitrogen and oxygen atoms in total. The fourth-order valence-electron chi connectivity index (χ4n) is 1.52. The molecule has 2 aromatic rings. The molecule has 0 spiro atoms. The van der Waals surface area contributed by atoms with E-state index >= 15 is 0 Å². The summed E-state index contributed by atoms with van der Waals surface area (Å²) >= 11 is 3.15. The van der Waals surface area contributed by atoms with Gasteiger partial charge in [0, 0.05) is 4.47 Å². The number of hydrogen-bond donors (Lipinski definition) is 1. The number of halogens is 2. The normalized spacial score (nSPS) is 10.5. The van der Waals surface area contributed by atoms with E-state index in [1.165, 1.54) is 23.0 Å². The Bertz CT molecular complexity index is 595. The van der Waals surface area contributed by atoms with Crippen LogP contribution in [0, 0.1) is 12.7 Å². The van der Waals surface area contributed by atoms with Gasteiger partial charge in [-0.25, -0.2) is 13.9 Å². The van der Waals surface area contributed by atoms with Crippen molar-refractivity contribution in [2.75, 3.05) is 0 Å². The van der Waals surface area contributed by atoms with Crippen LogP contribution in [0.15, 0.2) is 28.9 Å². The molecule has 0 aliphatic heterocycles. The summed E-state index contributed by atoms with van der Waals surface area (Å²) in [6.07, 6.45) is 1.21. The summed E-state index contributed by atoms with van der Waals surface area (Å²) in [5.74, 6) is -1.55. The van der Waals surface area contributed by atoms with E-state index in [1.807, 2.05) is 0 Å². The number of carboxylic acid groups (broad SMARTS) is 1. The lowest BCUT2D eigenvalue weighted by Gasteiger charge is -2.06. The number of aromatic carboxylic acids is 1. The predicted octanol–water partition coefficient (Wildman–Crippen LogP) is 2.78. The van der Waals surface area contributed by atoms with Crippen LogP contribution in [0.25, 0.3) is 5.69 Å².